The number of pyridine rings is 1. The molecule has 0 spiro atoms. The summed E-state index contributed by atoms with van der Waals surface area (Å²) >= 11 is 0. The summed E-state index contributed by atoms with van der Waals surface area (Å²) < 4.78 is 7.12. The minimum atomic E-state index is -0.402. The smallest absolute Gasteiger partial charge is 0.407 e. The van der Waals surface area contributed by atoms with E-state index >= 15 is 0 Å². The molecule has 0 bridgehead atoms. The Labute approximate surface area is 205 Å². The number of imidazole rings is 1. The lowest BCUT2D eigenvalue weighted by Gasteiger charge is -2.12. The Bertz CT molecular complexity index is 1200. The van der Waals surface area contributed by atoms with Crippen molar-refractivity contribution < 1.29 is 14.4 Å². The van der Waals surface area contributed by atoms with Crippen molar-refractivity contribution in [3.63, 3.8) is 0 Å². The fraction of sp³-hybridized carbons (Fsp3) is 0.346. The van der Waals surface area contributed by atoms with Crippen LogP contribution < -0.4 is 10.2 Å². The molecule has 0 aliphatic rings. The predicted molar refractivity (Wildman–Crippen MR) is 136 cm³/mol. The molecule has 0 aliphatic carbocycles. The minimum Gasteiger partial charge on any atom is -0.445 e. The van der Waals surface area contributed by atoms with Gasteiger partial charge < -0.3 is 14.9 Å². The fourth-order valence-corrected chi connectivity index (χ4v) is 3.70. The molecular formula is C26H31ClN4O3. The molecule has 0 saturated carbocycles. The minimum absolute atomic E-state index is 0. The maximum absolute atomic E-state index is 11.9. The maximum Gasteiger partial charge on any atom is 0.407 e. The third-order valence-electron chi connectivity index (χ3n) is 5.44. The SMILES string of the molecule is CCCCc1nc2cnc3ccccc3c2n1OCCCCNC(=O)OCc1ccccc1.Cl. The van der Waals surface area contributed by atoms with Crippen molar-refractivity contribution >= 4 is 40.4 Å². The Morgan fingerprint density at radius 3 is 2.62 bits per heavy atom. The number of nitrogens with zero attached hydrogens (tertiary/aromatic N) is 3. The Balaban J connectivity index is 0.00000324. The van der Waals surface area contributed by atoms with E-state index in [0.29, 0.717) is 13.2 Å². The number of para-hydroxylation sites is 1. The third-order valence-corrected chi connectivity index (χ3v) is 5.44. The quantitative estimate of drug-likeness (QED) is 0.286. The number of alkyl carbamates (subject to hydrolysis) is 1. The van der Waals surface area contributed by atoms with E-state index in [0.717, 1.165) is 65.4 Å². The second-order valence-corrected chi connectivity index (χ2v) is 7.96. The van der Waals surface area contributed by atoms with Crippen LogP contribution in [0, 0.1) is 0 Å². The number of benzene rings is 2. The normalized spacial score (nSPS) is 10.7. The Kier molecular flexibility index (Phi) is 9.52. The number of unbranched alkanes of at least 4 members (excludes halogenated alkanes) is 2. The van der Waals surface area contributed by atoms with E-state index < -0.39 is 6.09 Å². The van der Waals surface area contributed by atoms with Crippen LogP contribution in [0.1, 0.15) is 44.0 Å². The van der Waals surface area contributed by atoms with Crippen LogP contribution in [0.5, 0.6) is 0 Å². The van der Waals surface area contributed by atoms with Gasteiger partial charge in [0, 0.05) is 18.4 Å². The number of halogens is 1. The van der Waals surface area contributed by atoms with Crippen molar-refractivity contribution in [3.8, 4) is 0 Å². The first-order chi connectivity index (χ1) is 16.3. The predicted octanol–water partition coefficient (Wildman–Crippen LogP) is 5.48. The fourth-order valence-electron chi connectivity index (χ4n) is 3.70. The van der Waals surface area contributed by atoms with Gasteiger partial charge in [-0.25, -0.2) is 9.78 Å². The summed E-state index contributed by atoms with van der Waals surface area (Å²) in [6, 6.07) is 17.7. The summed E-state index contributed by atoms with van der Waals surface area (Å²) in [5.41, 5.74) is 3.71. The molecule has 2 heterocycles. The first kappa shape index (κ1) is 25.3. The van der Waals surface area contributed by atoms with Gasteiger partial charge in [-0.1, -0.05) is 61.9 Å². The highest BCUT2D eigenvalue weighted by atomic mass is 35.5. The van der Waals surface area contributed by atoms with Crippen LogP contribution in [0.25, 0.3) is 21.9 Å². The highest BCUT2D eigenvalue weighted by molar-refractivity contribution is 6.02. The van der Waals surface area contributed by atoms with Gasteiger partial charge in [-0.15, -0.1) is 12.4 Å². The highest BCUT2D eigenvalue weighted by Gasteiger charge is 2.15. The molecule has 2 aromatic heterocycles. The topological polar surface area (TPSA) is 78.3 Å². The monoisotopic (exact) mass is 482 g/mol. The molecular weight excluding hydrogens is 452 g/mol. The average Bonchev–Trinajstić information content (AvgIpc) is 3.22. The number of carbonyl (C=O) groups excluding carboxylic acids is 1. The zero-order chi connectivity index (χ0) is 22.9. The number of hydrogen-bond donors (Lipinski definition) is 1. The van der Waals surface area contributed by atoms with E-state index in [2.05, 4.69) is 23.3 Å². The highest BCUT2D eigenvalue weighted by Crippen LogP contribution is 2.24. The molecule has 0 aliphatic heterocycles. The lowest BCUT2D eigenvalue weighted by molar-refractivity contribution is 0.108. The summed E-state index contributed by atoms with van der Waals surface area (Å²) in [4.78, 5) is 27.4. The molecule has 2 aromatic carbocycles. The van der Waals surface area contributed by atoms with Crippen molar-refractivity contribution in [2.75, 3.05) is 13.2 Å². The molecule has 1 amide bonds. The van der Waals surface area contributed by atoms with Crippen LogP contribution in [-0.2, 0) is 17.8 Å². The Morgan fingerprint density at radius 1 is 1.00 bits per heavy atom. The third kappa shape index (κ3) is 6.38. The van der Waals surface area contributed by atoms with Crippen LogP contribution in [0.3, 0.4) is 0 Å². The van der Waals surface area contributed by atoms with Crippen molar-refractivity contribution in [1.29, 1.82) is 0 Å². The molecule has 0 atom stereocenters. The van der Waals surface area contributed by atoms with Gasteiger partial charge in [-0.2, -0.15) is 4.73 Å². The second-order valence-electron chi connectivity index (χ2n) is 7.96. The van der Waals surface area contributed by atoms with Gasteiger partial charge in [0.2, 0.25) is 0 Å². The zero-order valence-electron chi connectivity index (χ0n) is 19.4. The van der Waals surface area contributed by atoms with Crippen LogP contribution in [0.2, 0.25) is 0 Å². The summed E-state index contributed by atoms with van der Waals surface area (Å²) in [5, 5.41) is 3.83. The molecule has 7 nitrogen and oxygen atoms in total. The molecule has 4 aromatic rings. The van der Waals surface area contributed by atoms with Gasteiger partial charge in [0.15, 0.2) is 0 Å². The van der Waals surface area contributed by atoms with Crippen molar-refractivity contribution in [3.05, 3.63) is 72.2 Å². The van der Waals surface area contributed by atoms with Crippen molar-refractivity contribution in [1.82, 2.24) is 20.0 Å². The number of amides is 1. The Morgan fingerprint density at radius 2 is 1.79 bits per heavy atom. The number of aromatic nitrogens is 3. The number of nitrogens with one attached hydrogen (secondary N) is 1. The van der Waals surface area contributed by atoms with E-state index in [1.54, 1.807) is 0 Å². The first-order valence-corrected chi connectivity index (χ1v) is 11.6. The van der Waals surface area contributed by atoms with Crippen LogP contribution in [0.4, 0.5) is 4.79 Å². The molecule has 0 unspecified atom stereocenters. The molecule has 34 heavy (non-hydrogen) atoms. The van der Waals surface area contributed by atoms with E-state index in [9.17, 15) is 4.79 Å². The molecule has 0 saturated heterocycles. The second kappa shape index (κ2) is 12.8. The summed E-state index contributed by atoms with van der Waals surface area (Å²) in [6.07, 6.45) is 6.00. The van der Waals surface area contributed by atoms with E-state index in [-0.39, 0.29) is 19.0 Å². The molecule has 1 N–H and O–H groups in total. The lowest BCUT2D eigenvalue weighted by Crippen LogP contribution is -2.25. The van der Waals surface area contributed by atoms with Gasteiger partial charge in [0.25, 0.3) is 0 Å². The number of hydrogen-bond acceptors (Lipinski definition) is 5. The molecule has 8 heteroatoms. The van der Waals surface area contributed by atoms with Gasteiger partial charge in [0.05, 0.1) is 11.7 Å². The standard InChI is InChI=1S/C26H30N4O3.ClH/c1-2-3-15-24-29-23-18-28-22-14-8-7-13-21(22)25(23)30(24)33-17-10-9-16-27-26(31)32-19-20-11-5-4-6-12-20;/h4-8,11-14,18H,2-3,9-10,15-17,19H2,1H3,(H,27,31);1H. The summed E-state index contributed by atoms with van der Waals surface area (Å²) in [6.45, 7) is 3.51. The number of ether oxygens (including phenoxy) is 1. The summed E-state index contributed by atoms with van der Waals surface area (Å²) in [7, 11) is 0. The van der Waals surface area contributed by atoms with Crippen LogP contribution in [-0.4, -0.2) is 33.9 Å². The lowest BCUT2D eigenvalue weighted by atomic mass is 10.2. The maximum atomic E-state index is 11.9. The molecule has 180 valence electrons. The molecule has 0 fully saturated rings. The zero-order valence-corrected chi connectivity index (χ0v) is 20.2. The number of aryl methyl sites for hydroxylation is 1. The average molecular weight is 483 g/mol. The molecule has 4 rings (SSSR count). The molecule has 0 radical (unpaired) electrons. The van der Waals surface area contributed by atoms with E-state index in [4.69, 9.17) is 14.6 Å². The van der Waals surface area contributed by atoms with E-state index in [1.807, 2.05) is 59.5 Å². The largest absolute Gasteiger partial charge is 0.445 e. The van der Waals surface area contributed by atoms with E-state index in [1.165, 1.54) is 0 Å². The number of carbonyl (C=O) groups is 1. The van der Waals surface area contributed by atoms with Gasteiger partial charge in [0.1, 0.15) is 30.1 Å². The van der Waals surface area contributed by atoms with Gasteiger partial charge >= 0.3 is 6.09 Å². The Hall–Kier alpha value is -3.32. The van der Waals surface area contributed by atoms with Crippen molar-refractivity contribution in [2.24, 2.45) is 0 Å². The van der Waals surface area contributed by atoms with Gasteiger partial charge in [-0.3, -0.25) is 4.98 Å². The van der Waals surface area contributed by atoms with Gasteiger partial charge in [-0.05, 0) is 30.9 Å². The first-order valence-electron chi connectivity index (χ1n) is 11.6. The van der Waals surface area contributed by atoms with Crippen molar-refractivity contribution in [2.45, 2.75) is 45.6 Å². The number of fused-ring (bicyclic) bond motifs is 3. The van der Waals surface area contributed by atoms with Crippen LogP contribution in [0.15, 0.2) is 60.8 Å². The summed E-state index contributed by atoms with van der Waals surface area (Å²) in [5.74, 6) is 0.924. The number of rotatable bonds is 11. The van der Waals surface area contributed by atoms with Crippen LogP contribution >= 0.6 is 12.4 Å².